The normalized spacial score (nSPS) is 11.8. The molecule has 1 N–H and O–H groups in total. The topological polar surface area (TPSA) is 12.0 Å². The predicted octanol–water partition coefficient (Wildman–Crippen LogP) is 4.33. The molecule has 0 unspecified atom stereocenters. The van der Waals surface area contributed by atoms with E-state index in [0.29, 0.717) is 0 Å². The fourth-order valence-corrected chi connectivity index (χ4v) is 1.98. The lowest BCUT2D eigenvalue weighted by molar-refractivity contribution is 0.677. The van der Waals surface area contributed by atoms with Crippen molar-refractivity contribution in [2.75, 3.05) is 13.1 Å². The Morgan fingerprint density at radius 1 is 1.24 bits per heavy atom. The quantitative estimate of drug-likeness (QED) is 0.583. The highest BCUT2D eigenvalue weighted by atomic mass is 79.9. The smallest absolute Gasteiger partial charge is 0.0175 e. The summed E-state index contributed by atoms with van der Waals surface area (Å²) < 4.78 is 1.15. The molecule has 1 aromatic carbocycles. The molecule has 0 aromatic heterocycles. The molecule has 0 aliphatic heterocycles. The highest BCUT2D eigenvalue weighted by Crippen LogP contribution is 2.13. The molecule has 0 aliphatic rings. The van der Waals surface area contributed by atoms with Crippen LogP contribution in [0.15, 0.2) is 40.4 Å². The first-order valence-electron chi connectivity index (χ1n) is 6.33. The Morgan fingerprint density at radius 2 is 1.94 bits per heavy atom. The summed E-state index contributed by atoms with van der Waals surface area (Å²) in [7, 11) is 0. The van der Waals surface area contributed by atoms with Crippen LogP contribution in [0.1, 0.15) is 32.3 Å². The van der Waals surface area contributed by atoms with Crippen LogP contribution in [0.2, 0.25) is 0 Å². The van der Waals surface area contributed by atoms with Gasteiger partial charge in [0.2, 0.25) is 0 Å². The van der Waals surface area contributed by atoms with Gasteiger partial charge in [0.25, 0.3) is 0 Å². The number of nitrogens with one attached hydrogen (secondary N) is 1. The largest absolute Gasteiger partial charge is 0.316 e. The Balaban J connectivity index is 2.30. The monoisotopic (exact) mass is 295 g/mol. The van der Waals surface area contributed by atoms with Crippen LogP contribution >= 0.6 is 15.9 Å². The van der Waals surface area contributed by atoms with Crippen LogP contribution in [0.25, 0.3) is 0 Å². The molecule has 1 aromatic rings. The van der Waals surface area contributed by atoms with E-state index in [4.69, 9.17) is 0 Å². The van der Waals surface area contributed by atoms with Gasteiger partial charge >= 0.3 is 0 Å². The molecule has 1 nitrogen and oxygen atoms in total. The van der Waals surface area contributed by atoms with Gasteiger partial charge in [-0.3, -0.25) is 0 Å². The summed E-state index contributed by atoms with van der Waals surface area (Å²) in [6, 6.07) is 8.56. The molecule has 0 fully saturated rings. The van der Waals surface area contributed by atoms with Crippen molar-refractivity contribution in [1.29, 1.82) is 0 Å². The van der Waals surface area contributed by atoms with E-state index in [1.165, 1.54) is 17.6 Å². The summed E-state index contributed by atoms with van der Waals surface area (Å²) >= 11 is 3.45. The zero-order valence-electron chi connectivity index (χ0n) is 10.8. The van der Waals surface area contributed by atoms with E-state index in [1.54, 1.807) is 0 Å². The van der Waals surface area contributed by atoms with Gasteiger partial charge in [0.1, 0.15) is 0 Å². The first kappa shape index (κ1) is 14.5. The number of allylic oxidation sites excluding steroid dienone is 1. The van der Waals surface area contributed by atoms with Gasteiger partial charge in [0, 0.05) is 4.47 Å². The minimum atomic E-state index is 1.06. The second-order valence-electron chi connectivity index (χ2n) is 4.39. The number of rotatable bonds is 7. The van der Waals surface area contributed by atoms with Crippen LogP contribution in [0, 0.1) is 0 Å². The minimum Gasteiger partial charge on any atom is -0.316 e. The number of benzene rings is 1. The number of halogens is 1. The minimum absolute atomic E-state index is 1.06. The van der Waals surface area contributed by atoms with Gasteiger partial charge in [-0.15, -0.1) is 0 Å². The molecule has 0 atom stereocenters. The fourth-order valence-electron chi connectivity index (χ4n) is 1.72. The van der Waals surface area contributed by atoms with Crippen molar-refractivity contribution in [2.24, 2.45) is 0 Å². The SMILES string of the molecule is CCCNCCC=C(C)Cc1ccc(Br)cc1. The Morgan fingerprint density at radius 3 is 2.59 bits per heavy atom. The van der Waals surface area contributed by atoms with Crippen molar-refractivity contribution in [3.8, 4) is 0 Å². The number of hydrogen-bond donors (Lipinski definition) is 1. The third-order valence-corrected chi connectivity index (χ3v) is 3.17. The molecule has 94 valence electrons. The van der Waals surface area contributed by atoms with Gasteiger partial charge in [0.05, 0.1) is 0 Å². The third-order valence-electron chi connectivity index (χ3n) is 2.64. The molecule has 0 saturated carbocycles. The maximum absolute atomic E-state index is 3.45. The molecule has 1 rings (SSSR count). The molecular weight excluding hydrogens is 274 g/mol. The molecule has 0 heterocycles. The Kier molecular flexibility index (Phi) is 7.22. The standard InChI is InChI=1S/C15H22BrN/c1-3-10-17-11-4-5-13(2)12-14-6-8-15(16)9-7-14/h5-9,17H,3-4,10-12H2,1-2H3. The lowest BCUT2D eigenvalue weighted by Crippen LogP contribution is -2.15. The van der Waals surface area contributed by atoms with Gasteiger partial charge in [0.15, 0.2) is 0 Å². The highest BCUT2D eigenvalue weighted by molar-refractivity contribution is 9.10. The van der Waals surface area contributed by atoms with E-state index in [-0.39, 0.29) is 0 Å². The van der Waals surface area contributed by atoms with Crippen molar-refractivity contribution >= 4 is 15.9 Å². The summed E-state index contributed by atoms with van der Waals surface area (Å²) in [5.41, 5.74) is 2.83. The maximum Gasteiger partial charge on any atom is 0.0175 e. The zero-order chi connectivity index (χ0) is 12.5. The summed E-state index contributed by atoms with van der Waals surface area (Å²) in [5, 5.41) is 3.41. The van der Waals surface area contributed by atoms with Crippen LogP contribution in [0.4, 0.5) is 0 Å². The molecule has 17 heavy (non-hydrogen) atoms. The fraction of sp³-hybridized carbons (Fsp3) is 0.467. The number of hydrogen-bond acceptors (Lipinski definition) is 1. The molecule has 2 heteroatoms. The third kappa shape index (κ3) is 6.64. The van der Waals surface area contributed by atoms with Crippen LogP contribution in [0.3, 0.4) is 0 Å². The van der Waals surface area contributed by atoms with Crippen molar-refractivity contribution in [1.82, 2.24) is 5.32 Å². The second-order valence-corrected chi connectivity index (χ2v) is 5.31. The first-order chi connectivity index (χ1) is 8.22. The Hall–Kier alpha value is -0.600. The van der Waals surface area contributed by atoms with Crippen LogP contribution < -0.4 is 5.32 Å². The molecule has 0 aliphatic carbocycles. The molecule has 0 radical (unpaired) electrons. The second kappa shape index (κ2) is 8.48. The zero-order valence-corrected chi connectivity index (χ0v) is 12.4. The van der Waals surface area contributed by atoms with Gasteiger partial charge in [-0.25, -0.2) is 0 Å². The summed E-state index contributed by atoms with van der Waals surface area (Å²) in [4.78, 5) is 0. The molecule has 0 saturated heterocycles. The molecule has 0 amide bonds. The molecule has 0 spiro atoms. The van der Waals surface area contributed by atoms with E-state index in [0.717, 1.165) is 30.4 Å². The van der Waals surface area contributed by atoms with Gasteiger partial charge < -0.3 is 5.32 Å². The lowest BCUT2D eigenvalue weighted by atomic mass is 10.1. The summed E-state index contributed by atoms with van der Waals surface area (Å²) in [6.45, 7) is 6.62. The van der Waals surface area contributed by atoms with Crippen molar-refractivity contribution in [3.05, 3.63) is 46.0 Å². The molecule has 0 bridgehead atoms. The van der Waals surface area contributed by atoms with Crippen molar-refractivity contribution < 1.29 is 0 Å². The van der Waals surface area contributed by atoms with Crippen molar-refractivity contribution in [3.63, 3.8) is 0 Å². The van der Waals surface area contributed by atoms with E-state index in [2.05, 4.69) is 65.4 Å². The van der Waals surface area contributed by atoms with Crippen molar-refractivity contribution in [2.45, 2.75) is 33.1 Å². The van der Waals surface area contributed by atoms with E-state index in [9.17, 15) is 0 Å². The van der Waals surface area contributed by atoms with E-state index < -0.39 is 0 Å². The van der Waals surface area contributed by atoms with Gasteiger partial charge in [-0.2, -0.15) is 0 Å². The van der Waals surface area contributed by atoms with E-state index in [1.807, 2.05) is 0 Å². The average Bonchev–Trinajstić information content (AvgIpc) is 2.32. The van der Waals surface area contributed by atoms with Gasteiger partial charge in [-0.1, -0.05) is 46.6 Å². The maximum atomic E-state index is 3.45. The average molecular weight is 296 g/mol. The Labute approximate surface area is 113 Å². The van der Waals surface area contributed by atoms with Crippen LogP contribution in [-0.4, -0.2) is 13.1 Å². The van der Waals surface area contributed by atoms with E-state index >= 15 is 0 Å². The van der Waals surface area contributed by atoms with Crippen LogP contribution in [0.5, 0.6) is 0 Å². The summed E-state index contributed by atoms with van der Waals surface area (Å²) in [5.74, 6) is 0. The van der Waals surface area contributed by atoms with Gasteiger partial charge in [-0.05, 0) is 57.0 Å². The summed E-state index contributed by atoms with van der Waals surface area (Å²) in [6.07, 6.45) is 5.73. The molecular formula is C15H22BrN. The predicted molar refractivity (Wildman–Crippen MR) is 79.4 cm³/mol. The first-order valence-corrected chi connectivity index (χ1v) is 7.12. The highest BCUT2D eigenvalue weighted by Gasteiger charge is 1.95. The van der Waals surface area contributed by atoms with Crippen LogP contribution in [-0.2, 0) is 6.42 Å². The Bertz CT molecular complexity index is 340. The lowest BCUT2D eigenvalue weighted by Gasteiger charge is -2.03.